The number of rotatable bonds is 7. The van der Waals surface area contributed by atoms with E-state index in [1.54, 1.807) is 11.8 Å². The van der Waals surface area contributed by atoms with E-state index >= 15 is 0 Å². The van der Waals surface area contributed by atoms with Gasteiger partial charge in [-0.3, -0.25) is 0 Å². The Balaban J connectivity index is 2.16. The zero-order valence-electron chi connectivity index (χ0n) is 12.4. The van der Waals surface area contributed by atoms with Crippen LogP contribution < -0.4 is 0 Å². The molecule has 6 heteroatoms. The van der Waals surface area contributed by atoms with E-state index < -0.39 is 0 Å². The Morgan fingerprint density at radius 1 is 1.15 bits per heavy atom. The van der Waals surface area contributed by atoms with Crippen molar-refractivity contribution >= 4 is 12.1 Å². The highest BCUT2D eigenvalue weighted by Crippen LogP contribution is 2.14. The van der Waals surface area contributed by atoms with E-state index in [-0.39, 0.29) is 24.8 Å². The van der Waals surface area contributed by atoms with Crippen LogP contribution in [-0.2, 0) is 19.0 Å². The second kappa shape index (κ2) is 9.58. The number of amides is 1. The van der Waals surface area contributed by atoms with Crippen LogP contribution in [0.4, 0.5) is 4.79 Å². The minimum Gasteiger partial charge on any atom is -0.464 e. The number of carbonyl (C=O) groups excluding carboxylic acids is 2. The molecule has 0 N–H and O–H groups in total. The Bertz CT molecular complexity index is 300. The van der Waals surface area contributed by atoms with Gasteiger partial charge in [0.1, 0.15) is 6.61 Å². The molecule has 116 valence electrons. The van der Waals surface area contributed by atoms with Gasteiger partial charge in [0, 0.05) is 13.1 Å². The maximum atomic E-state index is 11.7. The SMILES string of the molecule is CCCCOC(=O)N1CCC(OCC(=O)OCC)CC1. The van der Waals surface area contributed by atoms with Gasteiger partial charge in [-0.1, -0.05) is 13.3 Å². The van der Waals surface area contributed by atoms with Crippen molar-refractivity contribution in [2.24, 2.45) is 0 Å². The molecule has 0 bridgehead atoms. The molecule has 0 radical (unpaired) electrons. The molecule has 6 nitrogen and oxygen atoms in total. The maximum Gasteiger partial charge on any atom is 0.409 e. The quantitative estimate of drug-likeness (QED) is 0.529. The molecule has 0 aromatic heterocycles. The van der Waals surface area contributed by atoms with Gasteiger partial charge in [0.05, 0.1) is 19.3 Å². The zero-order valence-corrected chi connectivity index (χ0v) is 12.4. The Kier molecular flexibility index (Phi) is 8.02. The first kappa shape index (κ1) is 16.8. The Morgan fingerprint density at radius 3 is 2.45 bits per heavy atom. The summed E-state index contributed by atoms with van der Waals surface area (Å²) in [5.41, 5.74) is 0. The monoisotopic (exact) mass is 287 g/mol. The number of esters is 1. The van der Waals surface area contributed by atoms with Crippen LogP contribution in [0.15, 0.2) is 0 Å². The topological polar surface area (TPSA) is 65.1 Å². The van der Waals surface area contributed by atoms with Crippen molar-refractivity contribution in [1.82, 2.24) is 4.90 Å². The number of hydrogen-bond acceptors (Lipinski definition) is 5. The van der Waals surface area contributed by atoms with Gasteiger partial charge < -0.3 is 19.1 Å². The molecule has 0 atom stereocenters. The predicted molar refractivity (Wildman–Crippen MR) is 73.4 cm³/mol. The number of carbonyl (C=O) groups is 2. The summed E-state index contributed by atoms with van der Waals surface area (Å²) in [4.78, 5) is 24.6. The molecule has 0 aliphatic carbocycles. The fraction of sp³-hybridized carbons (Fsp3) is 0.857. The Hall–Kier alpha value is -1.30. The van der Waals surface area contributed by atoms with Crippen molar-refractivity contribution in [2.75, 3.05) is 32.9 Å². The van der Waals surface area contributed by atoms with Gasteiger partial charge in [0.15, 0.2) is 0 Å². The molecule has 1 fully saturated rings. The Labute approximate surface area is 120 Å². The molecule has 0 aromatic rings. The molecule has 1 saturated heterocycles. The largest absolute Gasteiger partial charge is 0.464 e. The number of piperidine rings is 1. The van der Waals surface area contributed by atoms with Crippen LogP contribution in [-0.4, -0.2) is 56.0 Å². The summed E-state index contributed by atoms with van der Waals surface area (Å²) in [6.45, 7) is 5.87. The average Bonchev–Trinajstić information content (AvgIpc) is 2.46. The molecule has 1 heterocycles. The molecule has 0 aromatic carbocycles. The third-order valence-corrected chi connectivity index (χ3v) is 3.17. The molecule has 0 spiro atoms. The predicted octanol–water partition coefficient (Wildman–Crippen LogP) is 1.97. The van der Waals surface area contributed by atoms with Crippen molar-refractivity contribution in [2.45, 2.75) is 45.6 Å². The number of ether oxygens (including phenoxy) is 3. The van der Waals surface area contributed by atoms with E-state index in [9.17, 15) is 9.59 Å². The van der Waals surface area contributed by atoms with Crippen LogP contribution in [0, 0.1) is 0 Å². The van der Waals surface area contributed by atoms with Gasteiger partial charge in [0.25, 0.3) is 0 Å². The summed E-state index contributed by atoms with van der Waals surface area (Å²) in [7, 11) is 0. The van der Waals surface area contributed by atoms with Crippen molar-refractivity contribution in [3.63, 3.8) is 0 Å². The molecular weight excluding hydrogens is 262 g/mol. The van der Waals surface area contributed by atoms with Crippen LogP contribution >= 0.6 is 0 Å². The van der Waals surface area contributed by atoms with Gasteiger partial charge in [-0.25, -0.2) is 9.59 Å². The third-order valence-electron chi connectivity index (χ3n) is 3.17. The molecule has 0 saturated carbocycles. The lowest BCUT2D eigenvalue weighted by Crippen LogP contribution is -2.41. The van der Waals surface area contributed by atoms with Crippen molar-refractivity contribution in [3.05, 3.63) is 0 Å². The molecule has 0 unspecified atom stereocenters. The molecule has 1 aliphatic heterocycles. The van der Waals surface area contributed by atoms with E-state index in [1.807, 2.05) is 0 Å². The van der Waals surface area contributed by atoms with Gasteiger partial charge in [0.2, 0.25) is 0 Å². The average molecular weight is 287 g/mol. The van der Waals surface area contributed by atoms with Gasteiger partial charge >= 0.3 is 12.1 Å². The summed E-state index contributed by atoms with van der Waals surface area (Å²) in [6.07, 6.45) is 3.12. The standard InChI is InChI=1S/C14H25NO5/c1-3-5-10-19-14(17)15-8-6-12(7-9-15)20-11-13(16)18-4-2/h12H,3-11H2,1-2H3. The zero-order chi connectivity index (χ0) is 14.8. The van der Waals surface area contributed by atoms with E-state index in [4.69, 9.17) is 14.2 Å². The van der Waals surface area contributed by atoms with Crippen LogP contribution in [0.5, 0.6) is 0 Å². The molecule has 1 amide bonds. The lowest BCUT2D eigenvalue weighted by Gasteiger charge is -2.31. The normalized spacial score (nSPS) is 16.0. The first-order valence-electron chi connectivity index (χ1n) is 7.36. The van der Waals surface area contributed by atoms with Crippen LogP contribution in [0.2, 0.25) is 0 Å². The minimum atomic E-state index is -0.339. The smallest absolute Gasteiger partial charge is 0.409 e. The highest BCUT2D eigenvalue weighted by molar-refractivity contribution is 5.70. The lowest BCUT2D eigenvalue weighted by molar-refractivity contribution is -0.151. The molecular formula is C14H25NO5. The van der Waals surface area contributed by atoms with Crippen LogP contribution in [0.1, 0.15) is 39.5 Å². The van der Waals surface area contributed by atoms with Crippen LogP contribution in [0.3, 0.4) is 0 Å². The fourth-order valence-corrected chi connectivity index (χ4v) is 1.99. The first-order chi connectivity index (χ1) is 9.67. The molecule has 20 heavy (non-hydrogen) atoms. The highest BCUT2D eigenvalue weighted by Gasteiger charge is 2.24. The van der Waals surface area contributed by atoms with E-state index in [1.165, 1.54) is 0 Å². The molecule has 1 rings (SSSR count). The summed E-state index contributed by atoms with van der Waals surface area (Å²) in [5, 5.41) is 0. The van der Waals surface area contributed by atoms with E-state index in [2.05, 4.69) is 6.92 Å². The summed E-state index contributed by atoms with van der Waals surface area (Å²) >= 11 is 0. The fourth-order valence-electron chi connectivity index (χ4n) is 1.99. The van der Waals surface area contributed by atoms with Crippen molar-refractivity contribution in [1.29, 1.82) is 0 Å². The summed E-state index contributed by atoms with van der Waals surface area (Å²) in [6, 6.07) is 0. The first-order valence-corrected chi connectivity index (χ1v) is 7.36. The second-order valence-electron chi connectivity index (χ2n) is 4.77. The van der Waals surface area contributed by atoms with E-state index in [0.29, 0.717) is 26.3 Å². The van der Waals surface area contributed by atoms with Gasteiger partial charge in [-0.05, 0) is 26.2 Å². The third kappa shape index (κ3) is 6.23. The summed E-state index contributed by atoms with van der Waals surface area (Å²) in [5.74, 6) is -0.339. The number of unbranched alkanes of at least 4 members (excludes halogenated alkanes) is 1. The lowest BCUT2D eigenvalue weighted by atomic mass is 10.1. The Morgan fingerprint density at radius 2 is 1.85 bits per heavy atom. The number of likely N-dealkylation sites (tertiary alicyclic amines) is 1. The number of nitrogens with zero attached hydrogens (tertiary/aromatic N) is 1. The minimum absolute atomic E-state index is 0.0131. The molecule has 1 aliphatic rings. The maximum absolute atomic E-state index is 11.7. The van der Waals surface area contributed by atoms with Gasteiger partial charge in [-0.15, -0.1) is 0 Å². The van der Waals surface area contributed by atoms with Gasteiger partial charge in [-0.2, -0.15) is 0 Å². The highest BCUT2D eigenvalue weighted by atomic mass is 16.6. The van der Waals surface area contributed by atoms with Crippen molar-refractivity contribution in [3.8, 4) is 0 Å². The number of hydrogen-bond donors (Lipinski definition) is 0. The second-order valence-corrected chi connectivity index (χ2v) is 4.77. The van der Waals surface area contributed by atoms with Crippen LogP contribution in [0.25, 0.3) is 0 Å². The summed E-state index contributed by atoms with van der Waals surface area (Å²) < 4.78 is 15.4. The van der Waals surface area contributed by atoms with E-state index in [0.717, 1.165) is 25.7 Å². The van der Waals surface area contributed by atoms with Crippen molar-refractivity contribution < 1.29 is 23.8 Å².